The molecule has 0 aromatic carbocycles. The second kappa shape index (κ2) is 9.42. The number of likely N-dealkylation sites (tertiary alicyclic amines) is 1. The van der Waals surface area contributed by atoms with Crippen molar-refractivity contribution < 1.29 is 8.83 Å². The van der Waals surface area contributed by atoms with Crippen LogP contribution >= 0.6 is 0 Å². The molecule has 4 heterocycles. The van der Waals surface area contributed by atoms with Gasteiger partial charge < -0.3 is 19.5 Å². The molecule has 29 heavy (non-hydrogen) atoms. The molecule has 0 aliphatic carbocycles. The maximum absolute atomic E-state index is 5.69. The highest BCUT2D eigenvalue weighted by atomic mass is 16.3. The smallest absolute Gasteiger partial charge is 0.216 e. The van der Waals surface area contributed by atoms with E-state index in [0.717, 1.165) is 31.4 Å². The van der Waals surface area contributed by atoms with E-state index in [2.05, 4.69) is 35.7 Å². The number of hydrogen-bond acceptors (Lipinski definition) is 6. The average Bonchev–Trinajstić information content (AvgIpc) is 3.54. The van der Waals surface area contributed by atoms with Crippen molar-refractivity contribution in [3.8, 4) is 11.6 Å². The van der Waals surface area contributed by atoms with Crippen LogP contribution in [0.25, 0.3) is 11.6 Å². The highest BCUT2D eigenvalue weighted by Gasteiger charge is 2.25. The molecule has 0 spiro atoms. The van der Waals surface area contributed by atoms with Crippen molar-refractivity contribution in [2.45, 2.75) is 32.4 Å². The van der Waals surface area contributed by atoms with Gasteiger partial charge >= 0.3 is 0 Å². The zero-order chi connectivity index (χ0) is 19.9. The average molecular weight is 397 g/mol. The Bertz CT molecular complexity index is 880. The van der Waals surface area contributed by atoms with E-state index in [4.69, 9.17) is 8.83 Å². The summed E-state index contributed by atoms with van der Waals surface area (Å²) < 4.78 is 11.0. The molecular formula is C20H27N7O2. The Hall–Kier alpha value is -3.07. The summed E-state index contributed by atoms with van der Waals surface area (Å²) in [5.74, 6) is 3.56. The number of aliphatic imine (C=N–C) groups is 1. The second-order valence-electron chi connectivity index (χ2n) is 6.93. The molecule has 0 amide bonds. The molecule has 3 N–H and O–H groups in total. The van der Waals surface area contributed by atoms with E-state index in [9.17, 15) is 0 Å². The van der Waals surface area contributed by atoms with Gasteiger partial charge in [-0.25, -0.2) is 9.98 Å². The van der Waals surface area contributed by atoms with Gasteiger partial charge in [-0.05, 0) is 57.1 Å². The molecule has 0 bridgehead atoms. The number of rotatable bonds is 8. The first kappa shape index (κ1) is 19.3. The lowest BCUT2D eigenvalue weighted by Crippen LogP contribution is -2.42. The van der Waals surface area contributed by atoms with Gasteiger partial charge in [-0.2, -0.15) is 0 Å². The Morgan fingerprint density at radius 2 is 2.03 bits per heavy atom. The third-order valence-corrected chi connectivity index (χ3v) is 4.92. The first-order valence-corrected chi connectivity index (χ1v) is 10.1. The minimum absolute atomic E-state index is 0.187. The first-order chi connectivity index (χ1) is 14.3. The zero-order valence-corrected chi connectivity index (χ0v) is 16.6. The van der Waals surface area contributed by atoms with Crippen LogP contribution in [0.2, 0.25) is 0 Å². The van der Waals surface area contributed by atoms with Crippen LogP contribution in [0, 0.1) is 0 Å². The van der Waals surface area contributed by atoms with Crippen molar-refractivity contribution >= 4 is 5.96 Å². The van der Waals surface area contributed by atoms with Gasteiger partial charge in [0.05, 0.1) is 18.6 Å². The predicted octanol–water partition coefficient (Wildman–Crippen LogP) is 2.55. The van der Waals surface area contributed by atoms with Gasteiger partial charge in [0.15, 0.2) is 11.7 Å². The monoisotopic (exact) mass is 397 g/mol. The first-order valence-electron chi connectivity index (χ1n) is 10.1. The fourth-order valence-electron chi connectivity index (χ4n) is 3.51. The standard InChI is InChI=1S/C20H27N7O2/c1-2-21-20(23-14-18-24-19(26-25-18)17-8-6-12-29-17)22-13-15(16-7-5-11-28-16)27-9-3-4-10-27/h5-8,11-12,15H,2-4,9-10,13-14H2,1H3,(H2,21,22,23)(H,24,25,26). The topological polar surface area (TPSA) is 108 Å². The molecule has 1 unspecified atom stereocenters. The van der Waals surface area contributed by atoms with E-state index in [1.165, 1.54) is 12.8 Å². The van der Waals surface area contributed by atoms with Gasteiger partial charge in [-0.3, -0.25) is 10.00 Å². The van der Waals surface area contributed by atoms with Crippen molar-refractivity contribution in [3.63, 3.8) is 0 Å². The normalized spacial score (nSPS) is 16.2. The van der Waals surface area contributed by atoms with Gasteiger partial charge in [0, 0.05) is 13.1 Å². The molecule has 1 atom stereocenters. The van der Waals surface area contributed by atoms with Gasteiger partial charge in [0.2, 0.25) is 5.82 Å². The van der Waals surface area contributed by atoms with Crippen molar-refractivity contribution in [3.05, 3.63) is 48.4 Å². The lowest BCUT2D eigenvalue weighted by atomic mass is 10.2. The van der Waals surface area contributed by atoms with Crippen molar-refractivity contribution in [2.24, 2.45) is 4.99 Å². The molecule has 0 radical (unpaired) electrons. The van der Waals surface area contributed by atoms with Crippen LogP contribution in [0.5, 0.6) is 0 Å². The molecule has 9 nitrogen and oxygen atoms in total. The summed E-state index contributed by atoms with van der Waals surface area (Å²) in [5, 5.41) is 13.8. The van der Waals surface area contributed by atoms with Gasteiger partial charge in [-0.1, -0.05) is 0 Å². The van der Waals surface area contributed by atoms with Crippen molar-refractivity contribution in [1.82, 2.24) is 30.7 Å². The van der Waals surface area contributed by atoms with Gasteiger partial charge in [-0.15, -0.1) is 5.10 Å². The third-order valence-electron chi connectivity index (χ3n) is 4.92. The third kappa shape index (κ3) is 4.86. The molecule has 3 aromatic heterocycles. The van der Waals surface area contributed by atoms with E-state index in [-0.39, 0.29) is 6.04 Å². The van der Waals surface area contributed by atoms with Crippen LogP contribution in [-0.2, 0) is 6.54 Å². The van der Waals surface area contributed by atoms with Crippen molar-refractivity contribution in [2.75, 3.05) is 26.2 Å². The number of nitrogens with zero attached hydrogens (tertiary/aromatic N) is 4. The summed E-state index contributed by atoms with van der Waals surface area (Å²) in [5.41, 5.74) is 0. The van der Waals surface area contributed by atoms with E-state index >= 15 is 0 Å². The van der Waals surface area contributed by atoms with Crippen LogP contribution in [0.3, 0.4) is 0 Å². The number of H-pyrrole nitrogens is 1. The SMILES string of the molecule is CCNC(=NCc1nc(-c2ccco2)n[nH]1)NCC(c1ccco1)N1CCCC1. The Morgan fingerprint density at radius 3 is 2.76 bits per heavy atom. The number of furan rings is 2. The van der Waals surface area contributed by atoms with E-state index < -0.39 is 0 Å². The molecule has 154 valence electrons. The maximum Gasteiger partial charge on any atom is 0.216 e. The summed E-state index contributed by atoms with van der Waals surface area (Å²) in [6, 6.07) is 7.81. The van der Waals surface area contributed by atoms with Crippen LogP contribution < -0.4 is 10.6 Å². The van der Waals surface area contributed by atoms with E-state index in [0.29, 0.717) is 30.5 Å². The maximum atomic E-state index is 5.69. The molecule has 0 saturated carbocycles. The number of hydrogen-bond donors (Lipinski definition) is 3. The lowest BCUT2D eigenvalue weighted by molar-refractivity contribution is 0.215. The minimum atomic E-state index is 0.187. The van der Waals surface area contributed by atoms with Crippen LogP contribution in [0.4, 0.5) is 0 Å². The fourth-order valence-corrected chi connectivity index (χ4v) is 3.51. The molecular weight excluding hydrogens is 370 g/mol. The van der Waals surface area contributed by atoms with Crippen LogP contribution in [0.1, 0.15) is 37.4 Å². The van der Waals surface area contributed by atoms with Crippen LogP contribution in [-0.4, -0.2) is 52.2 Å². The summed E-state index contributed by atoms with van der Waals surface area (Å²) in [6.07, 6.45) is 5.80. The lowest BCUT2D eigenvalue weighted by Gasteiger charge is -2.26. The predicted molar refractivity (Wildman–Crippen MR) is 109 cm³/mol. The van der Waals surface area contributed by atoms with Crippen molar-refractivity contribution in [1.29, 1.82) is 0 Å². The molecule has 9 heteroatoms. The minimum Gasteiger partial charge on any atom is -0.468 e. The summed E-state index contributed by atoms with van der Waals surface area (Å²) in [4.78, 5) is 11.5. The number of aromatic nitrogens is 3. The summed E-state index contributed by atoms with van der Waals surface area (Å²) in [6.45, 7) is 6.11. The fraction of sp³-hybridized carbons (Fsp3) is 0.450. The van der Waals surface area contributed by atoms with Gasteiger partial charge in [0.25, 0.3) is 0 Å². The van der Waals surface area contributed by atoms with E-state index in [1.54, 1.807) is 12.5 Å². The molecule has 1 aliphatic rings. The molecule has 3 aromatic rings. The van der Waals surface area contributed by atoms with E-state index in [1.807, 2.05) is 31.2 Å². The molecule has 1 saturated heterocycles. The highest BCUT2D eigenvalue weighted by Crippen LogP contribution is 2.24. The van der Waals surface area contributed by atoms with Gasteiger partial charge in [0.1, 0.15) is 18.1 Å². The highest BCUT2D eigenvalue weighted by molar-refractivity contribution is 5.79. The number of guanidine groups is 1. The number of aromatic amines is 1. The Balaban J connectivity index is 1.40. The van der Waals surface area contributed by atoms with Crippen LogP contribution in [0.15, 0.2) is 50.6 Å². The Kier molecular flexibility index (Phi) is 6.25. The summed E-state index contributed by atoms with van der Waals surface area (Å²) >= 11 is 0. The molecule has 1 fully saturated rings. The Morgan fingerprint density at radius 1 is 1.21 bits per heavy atom. The quantitative estimate of drug-likeness (QED) is 0.396. The molecule has 1 aliphatic heterocycles. The second-order valence-corrected chi connectivity index (χ2v) is 6.93. The Labute approximate surface area is 169 Å². The summed E-state index contributed by atoms with van der Waals surface area (Å²) in [7, 11) is 0. The number of nitrogens with one attached hydrogen (secondary N) is 3. The molecule has 4 rings (SSSR count). The zero-order valence-electron chi connectivity index (χ0n) is 16.6. The largest absolute Gasteiger partial charge is 0.468 e.